The molecule has 0 aliphatic rings. The molecule has 0 amide bonds. The van der Waals surface area contributed by atoms with Crippen molar-refractivity contribution in [2.24, 2.45) is 11.7 Å². The van der Waals surface area contributed by atoms with E-state index in [-0.39, 0.29) is 6.04 Å². The molecule has 0 rings (SSSR count). The Morgan fingerprint density at radius 1 is 1.20 bits per heavy atom. The zero-order valence-corrected chi connectivity index (χ0v) is 10.6. The monoisotopic (exact) mass is 237 g/mol. The van der Waals surface area contributed by atoms with Crippen LogP contribution in [-0.4, -0.2) is 27.5 Å². The Kier molecular flexibility index (Phi) is 7.08. The van der Waals surface area contributed by atoms with E-state index in [1.165, 1.54) is 0 Å². The Morgan fingerprint density at radius 3 is 2.20 bits per heavy atom. The van der Waals surface area contributed by atoms with Crippen LogP contribution < -0.4 is 15.2 Å². The van der Waals surface area contributed by atoms with E-state index < -0.39 is 10.2 Å². The fraction of sp³-hybridized carbons (Fsp3) is 1.00. The van der Waals surface area contributed by atoms with Crippen molar-refractivity contribution in [2.75, 3.05) is 13.1 Å². The van der Waals surface area contributed by atoms with Gasteiger partial charge in [-0.3, -0.25) is 0 Å². The average molecular weight is 237 g/mol. The highest BCUT2D eigenvalue weighted by Crippen LogP contribution is 1.93. The predicted molar refractivity (Wildman–Crippen MR) is 62.6 cm³/mol. The Morgan fingerprint density at radius 2 is 1.73 bits per heavy atom. The summed E-state index contributed by atoms with van der Waals surface area (Å²) < 4.78 is 27.6. The van der Waals surface area contributed by atoms with Crippen molar-refractivity contribution < 1.29 is 8.42 Å². The van der Waals surface area contributed by atoms with Gasteiger partial charge in [0, 0.05) is 19.1 Å². The van der Waals surface area contributed by atoms with E-state index >= 15 is 0 Å². The van der Waals surface area contributed by atoms with Gasteiger partial charge in [-0.2, -0.15) is 8.42 Å². The molecular weight excluding hydrogens is 214 g/mol. The molecule has 0 saturated heterocycles. The van der Waals surface area contributed by atoms with Crippen LogP contribution in [0.5, 0.6) is 0 Å². The normalized spacial score (nSPS) is 14.5. The summed E-state index contributed by atoms with van der Waals surface area (Å²) >= 11 is 0. The standard InChI is InChI=1S/C9H23N3O2S/c1-4-5-9(10)7-12-15(13,14)11-6-8(2)3/h8-9,11-12H,4-7,10H2,1-3H3. The molecule has 4 N–H and O–H groups in total. The van der Waals surface area contributed by atoms with Crippen molar-refractivity contribution in [1.29, 1.82) is 0 Å². The van der Waals surface area contributed by atoms with Gasteiger partial charge in [-0.05, 0) is 12.3 Å². The molecular formula is C9H23N3O2S. The largest absolute Gasteiger partial charge is 0.327 e. The Labute approximate surface area is 93.0 Å². The summed E-state index contributed by atoms with van der Waals surface area (Å²) in [6.45, 7) is 6.65. The third-order valence-electron chi connectivity index (χ3n) is 1.88. The molecule has 0 saturated carbocycles. The number of hydrogen-bond acceptors (Lipinski definition) is 3. The quantitative estimate of drug-likeness (QED) is 0.563. The molecule has 0 radical (unpaired) electrons. The van der Waals surface area contributed by atoms with Gasteiger partial charge in [0.15, 0.2) is 0 Å². The highest BCUT2D eigenvalue weighted by Gasteiger charge is 2.11. The smallest absolute Gasteiger partial charge is 0.276 e. The molecule has 1 atom stereocenters. The number of hydrogen-bond donors (Lipinski definition) is 3. The average Bonchev–Trinajstić information content (AvgIpc) is 2.13. The molecule has 0 aliphatic carbocycles. The minimum absolute atomic E-state index is 0.106. The molecule has 5 nitrogen and oxygen atoms in total. The summed E-state index contributed by atoms with van der Waals surface area (Å²) in [6, 6.07) is -0.106. The Bertz CT molecular complexity index is 252. The van der Waals surface area contributed by atoms with E-state index in [4.69, 9.17) is 5.73 Å². The van der Waals surface area contributed by atoms with Gasteiger partial charge in [-0.1, -0.05) is 27.2 Å². The molecule has 92 valence electrons. The van der Waals surface area contributed by atoms with E-state index in [1.54, 1.807) is 0 Å². The molecule has 1 unspecified atom stereocenters. The van der Waals surface area contributed by atoms with Gasteiger partial charge >= 0.3 is 0 Å². The van der Waals surface area contributed by atoms with Gasteiger partial charge in [0.25, 0.3) is 10.2 Å². The van der Waals surface area contributed by atoms with Crippen molar-refractivity contribution >= 4 is 10.2 Å². The molecule has 15 heavy (non-hydrogen) atoms. The van der Waals surface area contributed by atoms with Gasteiger partial charge < -0.3 is 5.73 Å². The first-order chi connectivity index (χ1) is 6.87. The fourth-order valence-corrected chi connectivity index (χ4v) is 2.11. The first kappa shape index (κ1) is 14.8. The minimum Gasteiger partial charge on any atom is -0.327 e. The van der Waals surface area contributed by atoms with Crippen LogP contribution in [0.4, 0.5) is 0 Å². The lowest BCUT2D eigenvalue weighted by molar-refractivity contribution is 0.530. The van der Waals surface area contributed by atoms with Crippen molar-refractivity contribution in [3.8, 4) is 0 Å². The van der Waals surface area contributed by atoms with Crippen LogP contribution in [0, 0.1) is 5.92 Å². The Hall–Kier alpha value is -0.170. The lowest BCUT2D eigenvalue weighted by Crippen LogP contribution is -2.43. The summed E-state index contributed by atoms with van der Waals surface area (Å²) in [4.78, 5) is 0. The molecule has 0 aromatic carbocycles. The summed E-state index contributed by atoms with van der Waals surface area (Å²) in [6.07, 6.45) is 1.79. The molecule has 0 fully saturated rings. The van der Waals surface area contributed by atoms with Gasteiger partial charge in [-0.25, -0.2) is 9.44 Å². The van der Waals surface area contributed by atoms with Crippen LogP contribution in [0.3, 0.4) is 0 Å². The lowest BCUT2D eigenvalue weighted by Gasteiger charge is -2.13. The third kappa shape index (κ3) is 8.80. The Balaban J connectivity index is 3.83. The summed E-state index contributed by atoms with van der Waals surface area (Å²) in [5.74, 6) is 0.297. The molecule has 0 heterocycles. The van der Waals surface area contributed by atoms with Crippen molar-refractivity contribution in [1.82, 2.24) is 9.44 Å². The van der Waals surface area contributed by atoms with Crippen LogP contribution in [0.25, 0.3) is 0 Å². The van der Waals surface area contributed by atoms with Crippen LogP contribution in [-0.2, 0) is 10.2 Å². The van der Waals surface area contributed by atoms with Crippen LogP contribution in [0.15, 0.2) is 0 Å². The second-order valence-electron chi connectivity index (χ2n) is 4.14. The van der Waals surface area contributed by atoms with Crippen molar-refractivity contribution in [3.05, 3.63) is 0 Å². The minimum atomic E-state index is -3.37. The van der Waals surface area contributed by atoms with E-state index in [1.807, 2.05) is 20.8 Å². The van der Waals surface area contributed by atoms with Crippen LogP contribution in [0.1, 0.15) is 33.6 Å². The van der Waals surface area contributed by atoms with Crippen molar-refractivity contribution in [2.45, 2.75) is 39.7 Å². The molecule has 0 aromatic heterocycles. The predicted octanol–water partition coefficient (Wildman–Crippen LogP) is 0.194. The van der Waals surface area contributed by atoms with E-state index in [9.17, 15) is 8.42 Å². The second kappa shape index (κ2) is 7.16. The van der Waals surface area contributed by atoms with E-state index in [2.05, 4.69) is 9.44 Å². The van der Waals surface area contributed by atoms with Gasteiger partial charge in [0.05, 0.1) is 0 Å². The van der Waals surface area contributed by atoms with Crippen LogP contribution in [0.2, 0.25) is 0 Å². The topological polar surface area (TPSA) is 84.2 Å². The molecule has 0 aliphatic heterocycles. The summed E-state index contributed by atoms with van der Waals surface area (Å²) in [5.41, 5.74) is 5.69. The number of nitrogens with two attached hydrogens (primary N) is 1. The van der Waals surface area contributed by atoms with Crippen molar-refractivity contribution in [3.63, 3.8) is 0 Å². The maximum absolute atomic E-state index is 11.4. The maximum Gasteiger partial charge on any atom is 0.276 e. The van der Waals surface area contributed by atoms with Gasteiger partial charge in [0.1, 0.15) is 0 Å². The highest BCUT2D eigenvalue weighted by molar-refractivity contribution is 7.87. The maximum atomic E-state index is 11.4. The summed E-state index contributed by atoms with van der Waals surface area (Å²) in [7, 11) is -3.37. The zero-order chi connectivity index (χ0) is 11.9. The molecule has 6 heteroatoms. The molecule has 0 spiro atoms. The molecule has 0 aromatic rings. The lowest BCUT2D eigenvalue weighted by atomic mass is 10.2. The fourth-order valence-electron chi connectivity index (χ4n) is 1.02. The number of nitrogens with one attached hydrogen (secondary N) is 2. The third-order valence-corrected chi connectivity index (χ3v) is 2.97. The van der Waals surface area contributed by atoms with Gasteiger partial charge in [0.2, 0.25) is 0 Å². The van der Waals surface area contributed by atoms with E-state index in [0.29, 0.717) is 19.0 Å². The summed E-state index contributed by atoms with van der Waals surface area (Å²) in [5, 5.41) is 0. The van der Waals surface area contributed by atoms with Crippen LogP contribution >= 0.6 is 0 Å². The van der Waals surface area contributed by atoms with Gasteiger partial charge in [-0.15, -0.1) is 0 Å². The highest BCUT2D eigenvalue weighted by atomic mass is 32.2. The SMILES string of the molecule is CCCC(N)CNS(=O)(=O)NCC(C)C. The van der Waals surface area contributed by atoms with E-state index in [0.717, 1.165) is 12.8 Å². The zero-order valence-electron chi connectivity index (χ0n) is 9.79. The molecule has 0 bridgehead atoms. The first-order valence-corrected chi connectivity index (χ1v) is 6.85. The number of rotatable bonds is 8. The first-order valence-electron chi connectivity index (χ1n) is 5.37. The second-order valence-corrected chi connectivity index (χ2v) is 5.73.